The number of aryl methyl sites for hydroxylation is 1. The summed E-state index contributed by atoms with van der Waals surface area (Å²) in [5, 5.41) is 11.9. The first kappa shape index (κ1) is 15.5. The number of benzene rings is 1. The van der Waals surface area contributed by atoms with E-state index in [2.05, 4.69) is 5.32 Å². The van der Waals surface area contributed by atoms with Crippen molar-refractivity contribution in [3.05, 3.63) is 29.3 Å². The van der Waals surface area contributed by atoms with E-state index < -0.39 is 5.97 Å². The van der Waals surface area contributed by atoms with E-state index in [0.29, 0.717) is 18.2 Å². The van der Waals surface area contributed by atoms with Crippen LogP contribution in [0.4, 0.5) is 5.69 Å². The predicted molar refractivity (Wildman–Crippen MR) is 81.3 cm³/mol. The van der Waals surface area contributed by atoms with Gasteiger partial charge in [0.1, 0.15) is 0 Å². The molecule has 114 valence electrons. The normalized spacial score (nSPS) is 21.8. The molecule has 0 radical (unpaired) electrons. The van der Waals surface area contributed by atoms with E-state index in [0.717, 1.165) is 31.2 Å². The predicted octanol–water partition coefficient (Wildman–Crippen LogP) is 2.40. The topological polar surface area (TPSA) is 92.4 Å². The van der Waals surface area contributed by atoms with Gasteiger partial charge >= 0.3 is 5.97 Å². The molecule has 1 aliphatic carbocycles. The standard InChI is InChI=1S/C16H22N2O3/c1-10-2-5-13(16(20)21)8-14(10)18-15(19)12-6-3-11(9-17)4-7-12/h2,5,8,11-12H,3-4,6-7,9,17H2,1H3,(H,18,19)(H,20,21). The van der Waals surface area contributed by atoms with Gasteiger partial charge in [-0.3, -0.25) is 4.79 Å². The Hall–Kier alpha value is -1.88. The Morgan fingerprint density at radius 2 is 1.95 bits per heavy atom. The number of carboxylic acids is 1. The van der Waals surface area contributed by atoms with Crippen molar-refractivity contribution in [1.29, 1.82) is 0 Å². The van der Waals surface area contributed by atoms with Crippen LogP contribution >= 0.6 is 0 Å². The highest BCUT2D eigenvalue weighted by Gasteiger charge is 2.26. The second-order valence-corrected chi connectivity index (χ2v) is 5.78. The lowest BCUT2D eigenvalue weighted by molar-refractivity contribution is -0.121. The largest absolute Gasteiger partial charge is 0.478 e. The van der Waals surface area contributed by atoms with Crippen molar-refractivity contribution in [2.75, 3.05) is 11.9 Å². The molecule has 0 spiro atoms. The van der Waals surface area contributed by atoms with Gasteiger partial charge in [-0.1, -0.05) is 6.07 Å². The molecule has 1 aromatic rings. The van der Waals surface area contributed by atoms with Crippen molar-refractivity contribution in [3.63, 3.8) is 0 Å². The molecule has 1 aliphatic rings. The SMILES string of the molecule is Cc1ccc(C(=O)O)cc1NC(=O)C1CCC(CN)CC1. The van der Waals surface area contributed by atoms with Gasteiger partial charge < -0.3 is 16.2 Å². The fourth-order valence-electron chi connectivity index (χ4n) is 2.78. The van der Waals surface area contributed by atoms with Gasteiger partial charge in [0.15, 0.2) is 0 Å². The molecule has 1 saturated carbocycles. The van der Waals surface area contributed by atoms with Gasteiger partial charge in [0.25, 0.3) is 0 Å². The van der Waals surface area contributed by atoms with Gasteiger partial charge in [-0.05, 0) is 62.8 Å². The van der Waals surface area contributed by atoms with Crippen LogP contribution in [0.5, 0.6) is 0 Å². The van der Waals surface area contributed by atoms with E-state index in [9.17, 15) is 9.59 Å². The number of anilines is 1. The van der Waals surface area contributed by atoms with Gasteiger partial charge in [0.05, 0.1) is 5.56 Å². The summed E-state index contributed by atoms with van der Waals surface area (Å²) in [6.45, 7) is 2.54. The molecule has 0 unspecified atom stereocenters. The van der Waals surface area contributed by atoms with E-state index in [1.165, 1.54) is 6.07 Å². The lowest BCUT2D eigenvalue weighted by atomic mass is 9.81. The first-order valence-electron chi connectivity index (χ1n) is 7.36. The fraction of sp³-hybridized carbons (Fsp3) is 0.500. The highest BCUT2D eigenvalue weighted by atomic mass is 16.4. The molecular weight excluding hydrogens is 268 g/mol. The summed E-state index contributed by atoms with van der Waals surface area (Å²) >= 11 is 0. The number of hydrogen-bond acceptors (Lipinski definition) is 3. The zero-order chi connectivity index (χ0) is 15.4. The molecule has 5 nitrogen and oxygen atoms in total. The van der Waals surface area contributed by atoms with Crippen molar-refractivity contribution >= 4 is 17.6 Å². The monoisotopic (exact) mass is 290 g/mol. The highest BCUT2D eigenvalue weighted by Crippen LogP contribution is 2.29. The Morgan fingerprint density at radius 3 is 2.52 bits per heavy atom. The van der Waals surface area contributed by atoms with Crippen LogP contribution in [0.25, 0.3) is 0 Å². The van der Waals surface area contributed by atoms with Crippen LogP contribution in [0.15, 0.2) is 18.2 Å². The summed E-state index contributed by atoms with van der Waals surface area (Å²) in [7, 11) is 0. The van der Waals surface area contributed by atoms with Crippen LogP contribution in [-0.4, -0.2) is 23.5 Å². The summed E-state index contributed by atoms with van der Waals surface area (Å²) in [6, 6.07) is 4.77. The molecule has 4 N–H and O–H groups in total. The number of hydrogen-bond donors (Lipinski definition) is 3. The van der Waals surface area contributed by atoms with Crippen LogP contribution in [0, 0.1) is 18.8 Å². The number of carboxylic acid groups (broad SMARTS) is 1. The van der Waals surface area contributed by atoms with E-state index in [4.69, 9.17) is 10.8 Å². The maximum atomic E-state index is 12.3. The third-order valence-electron chi connectivity index (χ3n) is 4.29. The Labute approximate surface area is 124 Å². The lowest BCUT2D eigenvalue weighted by Crippen LogP contribution is -2.29. The Kier molecular flexibility index (Phi) is 4.96. The van der Waals surface area contributed by atoms with E-state index >= 15 is 0 Å². The molecule has 0 aliphatic heterocycles. The molecule has 0 saturated heterocycles. The minimum atomic E-state index is -0.992. The van der Waals surface area contributed by atoms with Crippen molar-refractivity contribution in [2.24, 2.45) is 17.6 Å². The van der Waals surface area contributed by atoms with Crippen molar-refractivity contribution in [1.82, 2.24) is 0 Å². The molecule has 2 rings (SSSR count). The smallest absolute Gasteiger partial charge is 0.335 e. The van der Waals surface area contributed by atoms with Gasteiger partial charge in [-0.15, -0.1) is 0 Å². The minimum Gasteiger partial charge on any atom is -0.478 e. The Balaban J connectivity index is 2.03. The number of amides is 1. The number of carbonyl (C=O) groups excluding carboxylic acids is 1. The van der Waals surface area contributed by atoms with Gasteiger partial charge in [0.2, 0.25) is 5.91 Å². The van der Waals surface area contributed by atoms with Crippen molar-refractivity contribution < 1.29 is 14.7 Å². The Morgan fingerprint density at radius 1 is 1.29 bits per heavy atom. The third kappa shape index (κ3) is 3.82. The molecule has 0 heterocycles. The maximum Gasteiger partial charge on any atom is 0.335 e. The Bertz CT molecular complexity index is 534. The molecule has 5 heteroatoms. The summed E-state index contributed by atoms with van der Waals surface area (Å²) < 4.78 is 0. The van der Waals surface area contributed by atoms with Crippen molar-refractivity contribution in [2.45, 2.75) is 32.6 Å². The average molecular weight is 290 g/mol. The molecule has 21 heavy (non-hydrogen) atoms. The van der Waals surface area contributed by atoms with Crippen LogP contribution in [0.3, 0.4) is 0 Å². The quantitative estimate of drug-likeness (QED) is 0.794. The molecular formula is C16H22N2O3. The second kappa shape index (κ2) is 6.72. The summed E-state index contributed by atoms with van der Waals surface area (Å²) in [5.74, 6) is -0.475. The molecule has 1 fully saturated rings. The number of carbonyl (C=O) groups is 2. The molecule has 0 bridgehead atoms. The summed E-state index contributed by atoms with van der Waals surface area (Å²) in [6.07, 6.45) is 3.68. The minimum absolute atomic E-state index is 0.000634. The van der Waals surface area contributed by atoms with Crippen LogP contribution in [-0.2, 0) is 4.79 Å². The molecule has 0 atom stereocenters. The molecule has 0 aromatic heterocycles. The van der Waals surface area contributed by atoms with E-state index in [-0.39, 0.29) is 17.4 Å². The van der Waals surface area contributed by atoms with Crippen molar-refractivity contribution in [3.8, 4) is 0 Å². The first-order chi connectivity index (χ1) is 10.0. The number of nitrogens with one attached hydrogen (secondary N) is 1. The summed E-state index contributed by atoms with van der Waals surface area (Å²) in [4.78, 5) is 23.3. The lowest BCUT2D eigenvalue weighted by Gasteiger charge is -2.27. The van der Waals surface area contributed by atoms with Crippen LogP contribution < -0.4 is 11.1 Å². The van der Waals surface area contributed by atoms with Crippen LogP contribution in [0.1, 0.15) is 41.6 Å². The fourth-order valence-corrected chi connectivity index (χ4v) is 2.78. The summed E-state index contributed by atoms with van der Waals surface area (Å²) in [5.41, 5.74) is 7.29. The number of aromatic carboxylic acids is 1. The zero-order valence-corrected chi connectivity index (χ0v) is 12.3. The van der Waals surface area contributed by atoms with E-state index in [1.807, 2.05) is 6.92 Å². The zero-order valence-electron chi connectivity index (χ0n) is 12.3. The van der Waals surface area contributed by atoms with Crippen LogP contribution in [0.2, 0.25) is 0 Å². The van der Waals surface area contributed by atoms with Gasteiger partial charge in [-0.2, -0.15) is 0 Å². The third-order valence-corrected chi connectivity index (χ3v) is 4.29. The molecule has 1 amide bonds. The number of rotatable bonds is 4. The second-order valence-electron chi connectivity index (χ2n) is 5.78. The number of nitrogens with two attached hydrogens (primary N) is 1. The highest BCUT2D eigenvalue weighted by molar-refractivity contribution is 5.95. The average Bonchev–Trinajstić information content (AvgIpc) is 2.49. The van der Waals surface area contributed by atoms with E-state index in [1.54, 1.807) is 12.1 Å². The maximum absolute atomic E-state index is 12.3. The van der Waals surface area contributed by atoms with Gasteiger partial charge in [0, 0.05) is 11.6 Å². The van der Waals surface area contributed by atoms with Gasteiger partial charge in [-0.25, -0.2) is 4.79 Å². The molecule has 1 aromatic carbocycles. The first-order valence-corrected chi connectivity index (χ1v) is 7.36.